The monoisotopic (exact) mass is 209 g/mol. The second-order valence-electron chi connectivity index (χ2n) is 4.13. The van der Waals surface area contributed by atoms with Crippen LogP contribution < -0.4 is 0 Å². The summed E-state index contributed by atoms with van der Waals surface area (Å²) in [6, 6.07) is 10.3. The lowest BCUT2D eigenvalue weighted by Gasteiger charge is -1.97. The van der Waals surface area contributed by atoms with E-state index in [0.29, 0.717) is 11.6 Å². The minimum atomic E-state index is 0.618. The Labute approximate surface area is 93.9 Å². The maximum absolute atomic E-state index is 8.72. The lowest BCUT2D eigenvalue weighted by molar-refractivity contribution is 0.642. The highest BCUT2D eigenvalue weighted by Gasteiger charge is 2.24. The fourth-order valence-electron chi connectivity index (χ4n) is 1.76. The summed E-state index contributed by atoms with van der Waals surface area (Å²) in [6.07, 6.45) is 6.46. The minimum absolute atomic E-state index is 0.618. The van der Waals surface area contributed by atoms with E-state index in [0.717, 1.165) is 11.1 Å². The van der Waals surface area contributed by atoms with Crippen LogP contribution in [0.5, 0.6) is 0 Å². The molecular weight excluding hydrogens is 198 g/mol. The number of nitriles is 1. The molecule has 0 radical (unpaired) electrons. The van der Waals surface area contributed by atoms with Crippen LogP contribution >= 0.6 is 0 Å². The summed E-state index contributed by atoms with van der Waals surface area (Å²) in [4.78, 5) is 0. The van der Waals surface area contributed by atoms with Gasteiger partial charge in [-0.2, -0.15) is 10.4 Å². The lowest BCUT2D eigenvalue weighted by atomic mass is 10.1. The Morgan fingerprint density at radius 1 is 1.19 bits per heavy atom. The largest absolute Gasteiger partial charge is 0.269 e. The van der Waals surface area contributed by atoms with E-state index >= 15 is 0 Å². The van der Waals surface area contributed by atoms with E-state index in [4.69, 9.17) is 5.26 Å². The Balaban J connectivity index is 1.92. The zero-order valence-corrected chi connectivity index (χ0v) is 8.80. The molecule has 3 rings (SSSR count). The highest BCUT2D eigenvalue weighted by Crippen LogP contribution is 2.35. The molecule has 3 heteroatoms. The highest BCUT2D eigenvalue weighted by atomic mass is 15.3. The molecule has 1 aromatic carbocycles. The molecular formula is C13H11N3. The molecule has 0 spiro atoms. The molecule has 3 nitrogen and oxygen atoms in total. The molecule has 1 aromatic heterocycles. The number of aromatic nitrogens is 2. The van der Waals surface area contributed by atoms with E-state index in [9.17, 15) is 0 Å². The zero-order valence-electron chi connectivity index (χ0n) is 8.80. The molecule has 0 aliphatic heterocycles. The third-order valence-electron chi connectivity index (χ3n) is 2.87. The van der Waals surface area contributed by atoms with E-state index < -0.39 is 0 Å². The van der Waals surface area contributed by atoms with Crippen LogP contribution in [0.25, 0.3) is 11.1 Å². The van der Waals surface area contributed by atoms with Crippen molar-refractivity contribution in [3.8, 4) is 17.2 Å². The van der Waals surface area contributed by atoms with Crippen molar-refractivity contribution in [1.29, 1.82) is 5.26 Å². The van der Waals surface area contributed by atoms with Crippen LogP contribution in [0.2, 0.25) is 0 Å². The fourth-order valence-corrected chi connectivity index (χ4v) is 1.76. The van der Waals surface area contributed by atoms with E-state index in [1.165, 1.54) is 12.8 Å². The standard InChI is InChI=1S/C13H11N3/c14-7-10-1-3-11(4-2-10)12-8-15-16(9-12)13-5-6-13/h1-4,8-9,13H,5-6H2. The number of nitrogens with zero attached hydrogens (tertiary/aromatic N) is 3. The zero-order chi connectivity index (χ0) is 11.0. The summed E-state index contributed by atoms with van der Waals surface area (Å²) in [7, 11) is 0. The van der Waals surface area contributed by atoms with Crippen LogP contribution in [0.4, 0.5) is 0 Å². The van der Waals surface area contributed by atoms with Crippen LogP contribution in [-0.2, 0) is 0 Å². The number of hydrogen-bond acceptors (Lipinski definition) is 2. The molecule has 0 N–H and O–H groups in total. The van der Waals surface area contributed by atoms with Crippen molar-refractivity contribution in [2.24, 2.45) is 0 Å². The average Bonchev–Trinajstić information content (AvgIpc) is 3.08. The number of hydrogen-bond donors (Lipinski definition) is 0. The minimum Gasteiger partial charge on any atom is -0.269 e. The van der Waals surface area contributed by atoms with Gasteiger partial charge in [-0.15, -0.1) is 0 Å². The normalized spacial score (nSPS) is 14.7. The van der Waals surface area contributed by atoms with Crippen molar-refractivity contribution in [3.05, 3.63) is 42.2 Å². The molecule has 1 aliphatic carbocycles. The van der Waals surface area contributed by atoms with Gasteiger partial charge in [-0.1, -0.05) is 12.1 Å². The van der Waals surface area contributed by atoms with E-state index in [1.807, 2.05) is 35.1 Å². The van der Waals surface area contributed by atoms with Gasteiger partial charge in [0.2, 0.25) is 0 Å². The SMILES string of the molecule is N#Cc1ccc(-c2cnn(C3CC3)c2)cc1. The Morgan fingerprint density at radius 3 is 2.56 bits per heavy atom. The first kappa shape index (κ1) is 9.17. The van der Waals surface area contributed by atoms with E-state index in [2.05, 4.69) is 17.4 Å². The summed E-state index contributed by atoms with van der Waals surface area (Å²) in [5.41, 5.74) is 2.93. The third kappa shape index (κ3) is 1.59. The van der Waals surface area contributed by atoms with Gasteiger partial charge in [0.1, 0.15) is 0 Å². The second-order valence-corrected chi connectivity index (χ2v) is 4.13. The first-order valence-electron chi connectivity index (χ1n) is 5.41. The molecule has 1 saturated carbocycles. The predicted octanol–water partition coefficient (Wildman–Crippen LogP) is 2.76. The number of benzene rings is 1. The molecule has 0 unspecified atom stereocenters. The second kappa shape index (κ2) is 3.49. The Morgan fingerprint density at radius 2 is 1.94 bits per heavy atom. The Hall–Kier alpha value is -2.08. The maximum Gasteiger partial charge on any atom is 0.0991 e. The molecule has 0 atom stereocenters. The topological polar surface area (TPSA) is 41.6 Å². The quantitative estimate of drug-likeness (QED) is 0.763. The predicted molar refractivity (Wildman–Crippen MR) is 60.6 cm³/mol. The molecule has 1 heterocycles. The lowest BCUT2D eigenvalue weighted by Crippen LogP contribution is -1.91. The van der Waals surface area contributed by atoms with Gasteiger partial charge in [0, 0.05) is 11.8 Å². The highest BCUT2D eigenvalue weighted by molar-refractivity contribution is 5.62. The van der Waals surface area contributed by atoms with Crippen LogP contribution in [0, 0.1) is 11.3 Å². The molecule has 16 heavy (non-hydrogen) atoms. The van der Waals surface area contributed by atoms with Gasteiger partial charge in [0.15, 0.2) is 0 Å². The van der Waals surface area contributed by atoms with Crippen molar-refractivity contribution in [1.82, 2.24) is 9.78 Å². The van der Waals surface area contributed by atoms with Crippen molar-refractivity contribution in [2.45, 2.75) is 18.9 Å². The Bertz CT molecular complexity index is 541. The summed E-state index contributed by atoms with van der Waals surface area (Å²) in [5, 5.41) is 13.1. The summed E-state index contributed by atoms with van der Waals surface area (Å²) >= 11 is 0. The molecule has 0 saturated heterocycles. The van der Waals surface area contributed by atoms with Gasteiger partial charge in [-0.05, 0) is 30.5 Å². The summed E-state index contributed by atoms with van der Waals surface area (Å²) in [5.74, 6) is 0. The smallest absolute Gasteiger partial charge is 0.0991 e. The van der Waals surface area contributed by atoms with Crippen molar-refractivity contribution < 1.29 is 0 Å². The Kier molecular flexibility index (Phi) is 2.00. The van der Waals surface area contributed by atoms with Gasteiger partial charge >= 0.3 is 0 Å². The summed E-state index contributed by atoms with van der Waals surface area (Å²) in [6.45, 7) is 0. The molecule has 0 amide bonds. The van der Waals surface area contributed by atoms with Crippen molar-refractivity contribution in [3.63, 3.8) is 0 Å². The molecule has 2 aromatic rings. The van der Waals surface area contributed by atoms with E-state index in [-0.39, 0.29) is 0 Å². The van der Waals surface area contributed by atoms with Crippen LogP contribution in [-0.4, -0.2) is 9.78 Å². The van der Waals surface area contributed by atoms with E-state index in [1.54, 1.807) is 0 Å². The maximum atomic E-state index is 8.72. The summed E-state index contributed by atoms with van der Waals surface area (Å²) < 4.78 is 2.04. The average molecular weight is 209 g/mol. The van der Waals surface area contributed by atoms with Gasteiger partial charge < -0.3 is 0 Å². The first-order valence-corrected chi connectivity index (χ1v) is 5.41. The van der Waals surface area contributed by atoms with Crippen LogP contribution in [0.1, 0.15) is 24.4 Å². The van der Waals surface area contributed by atoms with Gasteiger partial charge in [0.25, 0.3) is 0 Å². The molecule has 0 bridgehead atoms. The number of rotatable bonds is 2. The molecule has 1 fully saturated rings. The van der Waals surface area contributed by atoms with Gasteiger partial charge in [-0.3, -0.25) is 4.68 Å². The van der Waals surface area contributed by atoms with Crippen LogP contribution in [0.3, 0.4) is 0 Å². The first-order chi connectivity index (χ1) is 7.86. The van der Waals surface area contributed by atoms with Crippen molar-refractivity contribution in [2.75, 3.05) is 0 Å². The third-order valence-corrected chi connectivity index (χ3v) is 2.87. The van der Waals surface area contributed by atoms with Gasteiger partial charge in [-0.25, -0.2) is 0 Å². The van der Waals surface area contributed by atoms with Crippen molar-refractivity contribution >= 4 is 0 Å². The van der Waals surface area contributed by atoms with Crippen LogP contribution in [0.15, 0.2) is 36.7 Å². The fraction of sp³-hybridized carbons (Fsp3) is 0.231. The molecule has 78 valence electrons. The van der Waals surface area contributed by atoms with Gasteiger partial charge in [0.05, 0.1) is 23.9 Å². The molecule has 1 aliphatic rings.